The summed E-state index contributed by atoms with van der Waals surface area (Å²) in [5.74, 6) is -2.56. The Morgan fingerprint density at radius 3 is 2.20 bits per heavy atom. The lowest BCUT2D eigenvalue weighted by Gasteiger charge is -2.37. The minimum Gasteiger partial charge on any atom is -0.473 e. The molecule has 3 heterocycles. The zero-order chi connectivity index (χ0) is 18.6. The van der Waals surface area contributed by atoms with Crippen LogP contribution in [0.1, 0.15) is 36.6 Å². The molecular weight excluding hydrogens is 346 g/mol. The molecule has 2 aromatic heterocycles. The third kappa shape index (κ3) is 4.34. The molecule has 4 atom stereocenters. The standard InChI is InChI=1S/C15H17NO2S.C2H2O4/c1-9-13(11-5-3-7-18-11)16-14(10(2)15(9)17)12-6-4-8-19-12;3-1(4)2(5)6/h3-10,13-14,16H,1-2H3;(H,3,4)(H,5,6)/t9-,10+,13+,14-;/m1./s1. The monoisotopic (exact) mass is 365 g/mol. The Morgan fingerprint density at radius 1 is 1.08 bits per heavy atom. The molecule has 8 heteroatoms. The summed E-state index contributed by atoms with van der Waals surface area (Å²) in [4.78, 5) is 31.9. The van der Waals surface area contributed by atoms with Crippen LogP contribution in [0, 0.1) is 11.8 Å². The van der Waals surface area contributed by atoms with Crippen LogP contribution in [0.25, 0.3) is 0 Å². The van der Waals surface area contributed by atoms with Crippen molar-refractivity contribution in [2.75, 3.05) is 0 Å². The fourth-order valence-electron chi connectivity index (χ4n) is 2.82. The van der Waals surface area contributed by atoms with Gasteiger partial charge in [-0.1, -0.05) is 19.9 Å². The smallest absolute Gasteiger partial charge is 0.414 e. The van der Waals surface area contributed by atoms with Crippen LogP contribution in [0.5, 0.6) is 0 Å². The van der Waals surface area contributed by atoms with E-state index in [1.54, 1.807) is 17.6 Å². The lowest BCUT2D eigenvalue weighted by molar-refractivity contribution is -0.159. The van der Waals surface area contributed by atoms with Crippen LogP contribution in [-0.2, 0) is 14.4 Å². The number of ketones is 1. The summed E-state index contributed by atoms with van der Waals surface area (Å²) in [5.41, 5.74) is 0. The minimum atomic E-state index is -1.82. The Hall–Kier alpha value is -2.45. The summed E-state index contributed by atoms with van der Waals surface area (Å²) in [5, 5.41) is 20.4. The fraction of sp³-hybridized carbons (Fsp3) is 0.353. The van der Waals surface area contributed by atoms with E-state index in [0.29, 0.717) is 5.78 Å². The fourth-order valence-corrected chi connectivity index (χ4v) is 3.71. The summed E-state index contributed by atoms with van der Waals surface area (Å²) in [7, 11) is 0. The number of carboxylic acids is 2. The van der Waals surface area contributed by atoms with Gasteiger partial charge in [0.15, 0.2) is 0 Å². The Morgan fingerprint density at radius 2 is 1.72 bits per heavy atom. The Bertz CT molecular complexity index is 664. The van der Waals surface area contributed by atoms with Crippen molar-refractivity contribution in [1.29, 1.82) is 0 Å². The molecule has 0 aromatic carbocycles. The van der Waals surface area contributed by atoms with Crippen molar-refractivity contribution in [3.8, 4) is 0 Å². The molecule has 0 amide bonds. The summed E-state index contributed by atoms with van der Waals surface area (Å²) in [6.07, 6.45) is 1.66. The first-order valence-electron chi connectivity index (χ1n) is 7.65. The van der Waals surface area contributed by atoms with Crippen molar-refractivity contribution < 1.29 is 29.0 Å². The summed E-state index contributed by atoms with van der Waals surface area (Å²) in [6, 6.07) is 7.96. The predicted molar refractivity (Wildman–Crippen MR) is 90.3 cm³/mol. The summed E-state index contributed by atoms with van der Waals surface area (Å²) < 4.78 is 5.48. The average molecular weight is 365 g/mol. The van der Waals surface area contributed by atoms with Gasteiger partial charge >= 0.3 is 11.9 Å². The number of nitrogens with one attached hydrogen (secondary N) is 1. The van der Waals surface area contributed by atoms with Gasteiger partial charge in [0.05, 0.1) is 18.3 Å². The van der Waals surface area contributed by atoms with Gasteiger partial charge in [0.25, 0.3) is 0 Å². The van der Waals surface area contributed by atoms with Crippen LogP contribution in [0.3, 0.4) is 0 Å². The molecule has 3 N–H and O–H groups in total. The molecule has 1 aliphatic rings. The van der Waals surface area contributed by atoms with Gasteiger partial charge in [-0.05, 0) is 23.6 Å². The van der Waals surface area contributed by atoms with E-state index in [0.717, 1.165) is 5.76 Å². The number of carboxylic acid groups (broad SMARTS) is 2. The summed E-state index contributed by atoms with van der Waals surface area (Å²) >= 11 is 1.69. The number of piperidine rings is 1. The first-order chi connectivity index (χ1) is 11.8. The van der Waals surface area contributed by atoms with Crippen LogP contribution in [0.15, 0.2) is 40.3 Å². The molecule has 0 bridgehead atoms. The van der Waals surface area contributed by atoms with Crippen molar-refractivity contribution in [3.05, 3.63) is 46.5 Å². The molecule has 1 fully saturated rings. The van der Waals surface area contributed by atoms with Crippen molar-refractivity contribution in [2.24, 2.45) is 11.8 Å². The topological polar surface area (TPSA) is 117 Å². The van der Waals surface area contributed by atoms with E-state index in [9.17, 15) is 4.79 Å². The number of rotatable bonds is 2. The van der Waals surface area contributed by atoms with E-state index in [-0.39, 0.29) is 23.9 Å². The molecular formula is C17H19NO6S. The van der Waals surface area contributed by atoms with Gasteiger partial charge in [0.2, 0.25) is 0 Å². The van der Waals surface area contributed by atoms with Gasteiger partial charge in [-0.2, -0.15) is 0 Å². The minimum absolute atomic E-state index is 0.000128. The average Bonchev–Trinajstić information content (AvgIpc) is 3.27. The van der Waals surface area contributed by atoms with Gasteiger partial charge in [0, 0.05) is 16.7 Å². The molecule has 134 valence electrons. The second-order valence-electron chi connectivity index (χ2n) is 5.74. The lowest BCUT2D eigenvalue weighted by Crippen LogP contribution is -2.46. The quantitative estimate of drug-likeness (QED) is 0.701. The van der Waals surface area contributed by atoms with Crippen LogP contribution in [-0.4, -0.2) is 27.9 Å². The number of furan rings is 1. The Labute approximate surface area is 148 Å². The number of aliphatic carboxylic acids is 2. The number of carbonyl (C=O) groups is 3. The van der Waals surface area contributed by atoms with Gasteiger partial charge in [-0.3, -0.25) is 10.1 Å². The first-order valence-corrected chi connectivity index (χ1v) is 8.53. The molecule has 0 saturated carbocycles. The maximum atomic E-state index is 12.5. The predicted octanol–water partition coefficient (Wildman–Crippen LogP) is 2.72. The normalized spacial score (nSPS) is 25.8. The summed E-state index contributed by atoms with van der Waals surface area (Å²) in [6.45, 7) is 3.98. The third-order valence-corrected chi connectivity index (χ3v) is 5.09. The van der Waals surface area contributed by atoms with E-state index in [1.165, 1.54) is 4.88 Å². The zero-order valence-electron chi connectivity index (χ0n) is 13.7. The highest BCUT2D eigenvalue weighted by Crippen LogP contribution is 2.39. The van der Waals surface area contributed by atoms with Crippen molar-refractivity contribution in [1.82, 2.24) is 5.32 Å². The van der Waals surface area contributed by atoms with Crippen LogP contribution < -0.4 is 5.32 Å². The van der Waals surface area contributed by atoms with E-state index < -0.39 is 11.9 Å². The molecule has 25 heavy (non-hydrogen) atoms. The molecule has 1 saturated heterocycles. The number of thiophene rings is 1. The second-order valence-corrected chi connectivity index (χ2v) is 6.72. The van der Waals surface area contributed by atoms with Gasteiger partial charge in [-0.25, -0.2) is 9.59 Å². The largest absolute Gasteiger partial charge is 0.473 e. The number of carbonyl (C=O) groups excluding carboxylic acids is 1. The number of hydrogen-bond donors (Lipinski definition) is 3. The third-order valence-electron chi connectivity index (χ3n) is 4.14. The Balaban J connectivity index is 0.000000326. The molecule has 1 aliphatic heterocycles. The van der Waals surface area contributed by atoms with E-state index >= 15 is 0 Å². The lowest BCUT2D eigenvalue weighted by atomic mass is 9.79. The molecule has 2 aromatic rings. The van der Waals surface area contributed by atoms with Crippen LogP contribution in [0.2, 0.25) is 0 Å². The van der Waals surface area contributed by atoms with E-state index in [4.69, 9.17) is 24.2 Å². The molecule has 0 spiro atoms. The highest BCUT2D eigenvalue weighted by Gasteiger charge is 2.41. The van der Waals surface area contributed by atoms with Crippen molar-refractivity contribution in [2.45, 2.75) is 25.9 Å². The maximum Gasteiger partial charge on any atom is 0.414 e. The number of hydrogen-bond acceptors (Lipinski definition) is 6. The van der Waals surface area contributed by atoms with Gasteiger partial charge < -0.3 is 14.6 Å². The molecule has 0 unspecified atom stereocenters. The first kappa shape index (κ1) is 18.9. The molecule has 0 radical (unpaired) electrons. The number of Topliss-reactive ketones (excluding diaryl/α,β-unsaturated/α-hetero) is 1. The van der Waals surface area contributed by atoms with Crippen LogP contribution >= 0.6 is 11.3 Å². The SMILES string of the molecule is C[C@@H]1C(=O)[C@H](C)[C@@H](c2ccco2)N[C@H]1c1cccs1.O=C(O)C(=O)O. The van der Waals surface area contributed by atoms with Gasteiger partial charge in [-0.15, -0.1) is 11.3 Å². The second kappa shape index (κ2) is 8.09. The molecule has 7 nitrogen and oxygen atoms in total. The highest BCUT2D eigenvalue weighted by atomic mass is 32.1. The van der Waals surface area contributed by atoms with Crippen molar-refractivity contribution >= 4 is 29.1 Å². The highest BCUT2D eigenvalue weighted by molar-refractivity contribution is 7.10. The van der Waals surface area contributed by atoms with E-state index in [2.05, 4.69) is 11.4 Å². The van der Waals surface area contributed by atoms with Gasteiger partial charge in [0.1, 0.15) is 11.5 Å². The van der Waals surface area contributed by atoms with E-state index in [1.807, 2.05) is 37.4 Å². The van der Waals surface area contributed by atoms with Crippen LogP contribution in [0.4, 0.5) is 0 Å². The van der Waals surface area contributed by atoms with Crippen molar-refractivity contribution in [3.63, 3.8) is 0 Å². The molecule has 3 rings (SSSR count). The zero-order valence-corrected chi connectivity index (χ0v) is 14.5. The maximum absolute atomic E-state index is 12.5. The Kier molecular flexibility index (Phi) is 6.11. The molecule has 0 aliphatic carbocycles.